The van der Waals surface area contributed by atoms with Crippen LogP contribution in [-0.2, 0) is 11.4 Å². The number of carbonyl (C=O) groups is 2. The normalized spacial score (nSPS) is 24.0. The van der Waals surface area contributed by atoms with Crippen molar-refractivity contribution in [3.05, 3.63) is 41.5 Å². The smallest absolute Gasteiger partial charge is 0.326 e. The standard InChI is InChI=1S/C19H21N3O5/c1-11-20-16(21-27-11)10-26-14-6-2-4-12(8-14)18(23)22-9-13-5-3-7-15(13)17(22)19(24)25/h2,4,6,8,13,15,17H,3,5,7,9-10H2,1H3,(H,24,25). The minimum absolute atomic E-state index is 0.0624. The van der Waals surface area contributed by atoms with Crippen LogP contribution in [0.4, 0.5) is 0 Å². The van der Waals surface area contributed by atoms with Crippen LogP contribution in [-0.4, -0.2) is 44.6 Å². The molecule has 2 fully saturated rings. The van der Waals surface area contributed by atoms with Gasteiger partial charge in [-0.15, -0.1) is 0 Å². The Bertz CT molecular complexity index is 865. The molecular formula is C19H21N3O5. The second kappa shape index (κ2) is 7.02. The Hall–Kier alpha value is -2.90. The third-order valence-electron chi connectivity index (χ3n) is 5.42. The van der Waals surface area contributed by atoms with Gasteiger partial charge in [-0.25, -0.2) is 4.79 Å². The van der Waals surface area contributed by atoms with E-state index in [-0.39, 0.29) is 24.3 Å². The molecule has 3 unspecified atom stereocenters. The van der Waals surface area contributed by atoms with Gasteiger partial charge in [0.1, 0.15) is 11.8 Å². The molecule has 142 valence electrons. The molecule has 1 saturated carbocycles. The van der Waals surface area contributed by atoms with E-state index >= 15 is 0 Å². The summed E-state index contributed by atoms with van der Waals surface area (Å²) in [6.45, 7) is 2.33. The lowest BCUT2D eigenvalue weighted by Crippen LogP contribution is -2.43. The van der Waals surface area contributed by atoms with Crippen LogP contribution >= 0.6 is 0 Å². The molecule has 1 aromatic heterocycles. The number of amides is 1. The number of aryl methyl sites for hydroxylation is 1. The van der Waals surface area contributed by atoms with Gasteiger partial charge >= 0.3 is 5.97 Å². The number of carboxylic acid groups (broad SMARTS) is 1. The molecule has 1 aliphatic carbocycles. The maximum atomic E-state index is 13.0. The van der Waals surface area contributed by atoms with Gasteiger partial charge in [0.25, 0.3) is 5.91 Å². The number of carbonyl (C=O) groups excluding carboxylic acids is 1. The fourth-order valence-corrected chi connectivity index (χ4v) is 4.26. The quantitative estimate of drug-likeness (QED) is 0.859. The number of carboxylic acids is 1. The van der Waals surface area contributed by atoms with Crippen LogP contribution in [0.2, 0.25) is 0 Å². The molecule has 1 aliphatic heterocycles. The number of hydrogen-bond acceptors (Lipinski definition) is 6. The third kappa shape index (κ3) is 3.39. The zero-order valence-corrected chi connectivity index (χ0v) is 15.0. The summed E-state index contributed by atoms with van der Waals surface area (Å²) in [5, 5.41) is 13.4. The molecule has 0 radical (unpaired) electrons. The van der Waals surface area contributed by atoms with Gasteiger partial charge in [-0.2, -0.15) is 4.98 Å². The van der Waals surface area contributed by atoms with Crippen LogP contribution in [0.15, 0.2) is 28.8 Å². The molecule has 1 amide bonds. The number of rotatable bonds is 5. The van der Waals surface area contributed by atoms with E-state index in [9.17, 15) is 14.7 Å². The van der Waals surface area contributed by atoms with Crippen molar-refractivity contribution in [1.29, 1.82) is 0 Å². The first-order valence-corrected chi connectivity index (χ1v) is 9.09. The number of ether oxygens (including phenoxy) is 1. The lowest BCUT2D eigenvalue weighted by Gasteiger charge is -2.24. The first-order chi connectivity index (χ1) is 13.0. The van der Waals surface area contributed by atoms with Gasteiger partial charge in [0, 0.05) is 19.0 Å². The van der Waals surface area contributed by atoms with E-state index in [1.165, 1.54) is 4.90 Å². The summed E-state index contributed by atoms with van der Waals surface area (Å²) >= 11 is 0. The van der Waals surface area contributed by atoms with E-state index in [0.29, 0.717) is 29.6 Å². The molecule has 2 aliphatic rings. The van der Waals surface area contributed by atoms with E-state index in [1.54, 1.807) is 31.2 Å². The van der Waals surface area contributed by atoms with E-state index in [4.69, 9.17) is 9.26 Å². The molecule has 1 aromatic carbocycles. The number of likely N-dealkylation sites (tertiary alicyclic amines) is 1. The molecule has 1 saturated heterocycles. The van der Waals surface area contributed by atoms with E-state index < -0.39 is 12.0 Å². The van der Waals surface area contributed by atoms with Gasteiger partial charge in [-0.3, -0.25) is 4.79 Å². The summed E-state index contributed by atoms with van der Waals surface area (Å²) in [4.78, 5) is 30.3. The fourth-order valence-electron chi connectivity index (χ4n) is 4.26. The molecule has 3 atom stereocenters. The molecule has 4 rings (SSSR count). The third-order valence-corrected chi connectivity index (χ3v) is 5.42. The Morgan fingerprint density at radius 3 is 2.96 bits per heavy atom. The second-order valence-corrected chi connectivity index (χ2v) is 7.14. The van der Waals surface area contributed by atoms with E-state index in [0.717, 1.165) is 19.3 Å². The monoisotopic (exact) mass is 371 g/mol. The van der Waals surface area contributed by atoms with Crippen LogP contribution in [0.25, 0.3) is 0 Å². The first kappa shape index (κ1) is 17.5. The highest BCUT2D eigenvalue weighted by Gasteiger charge is 2.49. The molecule has 2 heterocycles. The molecule has 8 heteroatoms. The minimum atomic E-state index is -0.919. The number of fused-ring (bicyclic) bond motifs is 1. The Morgan fingerprint density at radius 2 is 2.22 bits per heavy atom. The highest BCUT2D eigenvalue weighted by atomic mass is 16.5. The molecule has 0 spiro atoms. The maximum absolute atomic E-state index is 13.0. The predicted octanol–water partition coefficient (Wildman–Crippen LogP) is 2.28. The molecule has 1 N–H and O–H groups in total. The van der Waals surface area contributed by atoms with Crippen molar-refractivity contribution in [2.24, 2.45) is 11.8 Å². The lowest BCUT2D eigenvalue weighted by atomic mass is 9.94. The van der Waals surface area contributed by atoms with Crippen LogP contribution in [0.5, 0.6) is 5.75 Å². The van der Waals surface area contributed by atoms with Crippen LogP contribution in [0.3, 0.4) is 0 Å². The van der Waals surface area contributed by atoms with Crippen molar-refractivity contribution in [1.82, 2.24) is 15.0 Å². The van der Waals surface area contributed by atoms with Crippen LogP contribution < -0.4 is 4.74 Å². The van der Waals surface area contributed by atoms with Gasteiger partial charge in [-0.05, 0) is 42.9 Å². The molecular weight excluding hydrogens is 350 g/mol. The average molecular weight is 371 g/mol. The first-order valence-electron chi connectivity index (χ1n) is 9.09. The van der Waals surface area contributed by atoms with Crippen molar-refractivity contribution in [2.75, 3.05) is 6.54 Å². The zero-order chi connectivity index (χ0) is 19.0. The van der Waals surface area contributed by atoms with Gasteiger partial charge in [0.2, 0.25) is 11.7 Å². The summed E-state index contributed by atoms with van der Waals surface area (Å²) < 4.78 is 10.5. The van der Waals surface area contributed by atoms with Gasteiger partial charge in [0.05, 0.1) is 0 Å². The Morgan fingerprint density at radius 1 is 1.37 bits per heavy atom. The fraction of sp³-hybridized carbons (Fsp3) is 0.474. The second-order valence-electron chi connectivity index (χ2n) is 7.14. The molecule has 27 heavy (non-hydrogen) atoms. The molecule has 8 nitrogen and oxygen atoms in total. The summed E-state index contributed by atoms with van der Waals surface area (Å²) in [7, 11) is 0. The SMILES string of the molecule is Cc1nc(COc2cccc(C(=O)N3CC4CCCC4C3C(=O)O)c2)no1. The van der Waals surface area contributed by atoms with Crippen molar-refractivity contribution < 1.29 is 24.0 Å². The summed E-state index contributed by atoms with van der Waals surface area (Å²) in [5.41, 5.74) is 0.419. The Balaban J connectivity index is 1.49. The van der Waals surface area contributed by atoms with Crippen LogP contribution in [0.1, 0.15) is 41.3 Å². The van der Waals surface area contributed by atoms with Gasteiger partial charge in [-0.1, -0.05) is 17.6 Å². The number of aliphatic carboxylic acids is 1. The maximum Gasteiger partial charge on any atom is 0.326 e. The number of benzene rings is 1. The molecule has 2 aromatic rings. The topological polar surface area (TPSA) is 106 Å². The highest BCUT2D eigenvalue weighted by molar-refractivity contribution is 5.97. The Labute approximate surface area is 156 Å². The van der Waals surface area contributed by atoms with Crippen LogP contribution in [0, 0.1) is 18.8 Å². The number of nitrogens with zero attached hydrogens (tertiary/aromatic N) is 3. The zero-order valence-electron chi connectivity index (χ0n) is 15.0. The van der Waals surface area contributed by atoms with Gasteiger partial charge < -0.3 is 19.3 Å². The highest BCUT2D eigenvalue weighted by Crippen LogP contribution is 2.42. The number of hydrogen-bond donors (Lipinski definition) is 1. The van der Waals surface area contributed by atoms with Crippen molar-refractivity contribution >= 4 is 11.9 Å². The van der Waals surface area contributed by atoms with Crippen molar-refractivity contribution in [3.8, 4) is 5.75 Å². The Kier molecular flexibility index (Phi) is 4.55. The average Bonchev–Trinajstić information content (AvgIpc) is 3.34. The lowest BCUT2D eigenvalue weighted by molar-refractivity contribution is -0.142. The molecule has 0 bridgehead atoms. The summed E-state index contributed by atoms with van der Waals surface area (Å²) in [6, 6.07) is 6.02. The van der Waals surface area contributed by atoms with E-state index in [1.807, 2.05) is 0 Å². The summed E-state index contributed by atoms with van der Waals surface area (Å²) in [5.74, 6) is 0.535. The predicted molar refractivity (Wildman–Crippen MR) is 93.1 cm³/mol. The van der Waals surface area contributed by atoms with E-state index in [2.05, 4.69) is 10.1 Å². The summed E-state index contributed by atoms with van der Waals surface area (Å²) in [6.07, 6.45) is 2.91. The minimum Gasteiger partial charge on any atom is -0.485 e. The van der Waals surface area contributed by atoms with Crippen molar-refractivity contribution in [2.45, 2.75) is 38.8 Å². The van der Waals surface area contributed by atoms with Crippen molar-refractivity contribution in [3.63, 3.8) is 0 Å². The largest absolute Gasteiger partial charge is 0.485 e. The van der Waals surface area contributed by atoms with Gasteiger partial charge in [0.15, 0.2) is 6.61 Å². The number of aromatic nitrogens is 2.